The molecule has 15 heavy (non-hydrogen) atoms. The molecule has 0 amide bonds. The van der Waals surface area contributed by atoms with Crippen molar-refractivity contribution in [2.24, 2.45) is 10.7 Å². The zero-order valence-electron chi connectivity index (χ0n) is 9.45. The second-order valence-corrected chi connectivity index (χ2v) is 4.77. The summed E-state index contributed by atoms with van der Waals surface area (Å²) in [5.41, 5.74) is 5.68. The van der Waals surface area contributed by atoms with Crippen molar-refractivity contribution in [2.75, 3.05) is 0 Å². The molecule has 1 rings (SSSR count). The van der Waals surface area contributed by atoms with Gasteiger partial charge in [0, 0.05) is 17.1 Å². The van der Waals surface area contributed by atoms with E-state index in [1.807, 2.05) is 20.0 Å². The van der Waals surface area contributed by atoms with Crippen LogP contribution in [0.3, 0.4) is 0 Å². The van der Waals surface area contributed by atoms with E-state index < -0.39 is 0 Å². The SMILES string of the molecule is CCc1cnc(CN=C(N)NC(C)C)s1. The minimum absolute atomic E-state index is 0.316. The molecule has 0 aliphatic heterocycles. The van der Waals surface area contributed by atoms with Crippen LogP contribution in [0.15, 0.2) is 11.2 Å². The van der Waals surface area contributed by atoms with Crippen molar-refractivity contribution in [3.8, 4) is 0 Å². The van der Waals surface area contributed by atoms with Crippen molar-refractivity contribution in [3.05, 3.63) is 16.1 Å². The molecule has 0 atom stereocenters. The number of aliphatic imine (C=N–C) groups is 1. The second-order valence-electron chi connectivity index (χ2n) is 3.57. The van der Waals surface area contributed by atoms with Gasteiger partial charge in [0.2, 0.25) is 0 Å². The Balaban J connectivity index is 2.48. The highest BCUT2D eigenvalue weighted by atomic mass is 32.1. The van der Waals surface area contributed by atoms with Crippen LogP contribution in [0.2, 0.25) is 0 Å². The van der Waals surface area contributed by atoms with Gasteiger partial charge in [-0.25, -0.2) is 9.98 Å². The van der Waals surface area contributed by atoms with Gasteiger partial charge in [-0.2, -0.15) is 0 Å². The standard InChI is InChI=1S/C10H18N4S/c1-4-8-5-12-9(15-8)6-13-10(11)14-7(2)3/h5,7H,4,6H2,1-3H3,(H3,11,13,14). The lowest BCUT2D eigenvalue weighted by atomic mass is 10.4. The monoisotopic (exact) mass is 226 g/mol. The molecule has 0 unspecified atom stereocenters. The quantitative estimate of drug-likeness (QED) is 0.604. The third-order valence-corrected chi connectivity index (χ3v) is 2.90. The summed E-state index contributed by atoms with van der Waals surface area (Å²) in [6, 6.07) is 0.316. The topological polar surface area (TPSA) is 63.3 Å². The van der Waals surface area contributed by atoms with Crippen molar-refractivity contribution in [2.45, 2.75) is 39.8 Å². The van der Waals surface area contributed by atoms with E-state index >= 15 is 0 Å². The number of hydrogen-bond donors (Lipinski definition) is 2. The van der Waals surface area contributed by atoms with Crippen LogP contribution in [0.5, 0.6) is 0 Å². The van der Waals surface area contributed by atoms with Gasteiger partial charge in [-0.3, -0.25) is 0 Å². The van der Waals surface area contributed by atoms with E-state index in [0.29, 0.717) is 18.5 Å². The number of rotatable bonds is 4. The minimum atomic E-state index is 0.316. The molecule has 0 aromatic carbocycles. The fourth-order valence-electron chi connectivity index (χ4n) is 1.08. The zero-order chi connectivity index (χ0) is 11.3. The molecule has 5 heteroatoms. The highest BCUT2D eigenvalue weighted by molar-refractivity contribution is 7.11. The smallest absolute Gasteiger partial charge is 0.189 e. The Hall–Kier alpha value is -1.10. The molecule has 3 N–H and O–H groups in total. The first kappa shape index (κ1) is 12.0. The summed E-state index contributed by atoms with van der Waals surface area (Å²) in [5.74, 6) is 0.484. The molecule has 0 bridgehead atoms. The van der Waals surface area contributed by atoms with E-state index in [1.54, 1.807) is 11.3 Å². The summed E-state index contributed by atoms with van der Waals surface area (Å²) in [7, 11) is 0. The fraction of sp³-hybridized carbons (Fsp3) is 0.600. The Morgan fingerprint density at radius 2 is 2.40 bits per heavy atom. The Bertz CT molecular complexity index is 330. The van der Waals surface area contributed by atoms with Gasteiger partial charge in [0.1, 0.15) is 5.01 Å². The predicted octanol–water partition coefficient (Wildman–Crippen LogP) is 1.52. The van der Waals surface area contributed by atoms with Gasteiger partial charge in [0.05, 0.1) is 6.54 Å². The van der Waals surface area contributed by atoms with E-state index in [4.69, 9.17) is 5.73 Å². The first-order valence-corrected chi connectivity index (χ1v) is 5.93. The molecule has 4 nitrogen and oxygen atoms in total. The molecule has 1 aromatic heterocycles. The maximum Gasteiger partial charge on any atom is 0.189 e. The molecule has 84 valence electrons. The van der Waals surface area contributed by atoms with E-state index in [9.17, 15) is 0 Å². The van der Waals surface area contributed by atoms with Crippen LogP contribution in [0.25, 0.3) is 0 Å². The van der Waals surface area contributed by atoms with Gasteiger partial charge in [-0.05, 0) is 20.3 Å². The molecule has 0 spiro atoms. The maximum atomic E-state index is 5.68. The predicted molar refractivity (Wildman–Crippen MR) is 65.1 cm³/mol. The second kappa shape index (κ2) is 5.70. The molecule has 0 radical (unpaired) electrons. The minimum Gasteiger partial charge on any atom is -0.370 e. The van der Waals surface area contributed by atoms with Crippen LogP contribution >= 0.6 is 11.3 Å². The Labute approximate surface area is 94.6 Å². The molecule has 1 heterocycles. The average molecular weight is 226 g/mol. The Morgan fingerprint density at radius 1 is 1.67 bits per heavy atom. The summed E-state index contributed by atoms with van der Waals surface area (Å²) in [6.07, 6.45) is 2.93. The molecular formula is C10H18N4S. The summed E-state index contributed by atoms with van der Waals surface area (Å²) in [4.78, 5) is 9.77. The Kier molecular flexibility index (Phi) is 4.55. The van der Waals surface area contributed by atoms with Crippen LogP contribution in [0, 0.1) is 0 Å². The van der Waals surface area contributed by atoms with E-state index in [1.165, 1.54) is 4.88 Å². The van der Waals surface area contributed by atoms with Crippen LogP contribution in [0.4, 0.5) is 0 Å². The molecule has 0 fully saturated rings. The van der Waals surface area contributed by atoms with Crippen LogP contribution < -0.4 is 11.1 Å². The summed E-state index contributed by atoms with van der Waals surface area (Å²) < 4.78 is 0. The first-order chi connectivity index (χ1) is 7.11. The summed E-state index contributed by atoms with van der Waals surface area (Å²) in [5, 5.41) is 4.05. The average Bonchev–Trinajstić information content (AvgIpc) is 2.61. The summed E-state index contributed by atoms with van der Waals surface area (Å²) >= 11 is 1.69. The van der Waals surface area contributed by atoms with Crippen molar-refractivity contribution in [1.29, 1.82) is 0 Å². The fourth-order valence-corrected chi connectivity index (χ4v) is 1.87. The van der Waals surface area contributed by atoms with E-state index in [2.05, 4.69) is 22.2 Å². The number of nitrogens with two attached hydrogens (primary N) is 1. The lowest BCUT2D eigenvalue weighted by molar-refractivity contribution is 0.723. The molecule has 0 aliphatic rings. The number of nitrogens with zero attached hydrogens (tertiary/aromatic N) is 2. The van der Waals surface area contributed by atoms with Gasteiger partial charge >= 0.3 is 0 Å². The third-order valence-electron chi connectivity index (χ3n) is 1.77. The molecular weight excluding hydrogens is 208 g/mol. The number of nitrogens with one attached hydrogen (secondary N) is 1. The largest absolute Gasteiger partial charge is 0.370 e. The molecule has 0 saturated carbocycles. The first-order valence-electron chi connectivity index (χ1n) is 5.11. The third kappa shape index (κ3) is 4.29. The Morgan fingerprint density at radius 3 is 2.93 bits per heavy atom. The maximum absolute atomic E-state index is 5.68. The number of thiazole rings is 1. The lowest BCUT2D eigenvalue weighted by Gasteiger charge is -2.07. The molecule has 1 aromatic rings. The van der Waals surface area contributed by atoms with Gasteiger partial charge < -0.3 is 11.1 Å². The number of aryl methyl sites for hydroxylation is 1. The molecule has 0 aliphatic carbocycles. The van der Waals surface area contributed by atoms with Gasteiger partial charge in [0.15, 0.2) is 5.96 Å². The van der Waals surface area contributed by atoms with Gasteiger partial charge in [-0.15, -0.1) is 11.3 Å². The van der Waals surface area contributed by atoms with Crippen molar-refractivity contribution >= 4 is 17.3 Å². The lowest BCUT2D eigenvalue weighted by Crippen LogP contribution is -2.36. The van der Waals surface area contributed by atoms with Crippen LogP contribution in [-0.2, 0) is 13.0 Å². The number of aromatic nitrogens is 1. The van der Waals surface area contributed by atoms with Crippen molar-refractivity contribution in [3.63, 3.8) is 0 Å². The van der Waals surface area contributed by atoms with Gasteiger partial charge in [-0.1, -0.05) is 6.92 Å². The van der Waals surface area contributed by atoms with Crippen LogP contribution in [-0.4, -0.2) is 17.0 Å². The number of guanidine groups is 1. The normalized spacial score (nSPS) is 12.1. The highest BCUT2D eigenvalue weighted by Crippen LogP contribution is 2.13. The number of hydrogen-bond acceptors (Lipinski definition) is 3. The van der Waals surface area contributed by atoms with E-state index in [-0.39, 0.29) is 0 Å². The molecule has 0 saturated heterocycles. The van der Waals surface area contributed by atoms with E-state index in [0.717, 1.165) is 11.4 Å². The van der Waals surface area contributed by atoms with Crippen molar-refractivity contribution < 1.29 is 0 Å². The van der Waals surface area contributed by atoms with Crippen molar-refractivity contribution in [1.82, 2.24) is 10.3 Å². The zero-order valence-corrected chi connectivity index (χ0v) is 10.3. The van der Waals surface area contributed by atoms with Crippen LogP contribution in [0.1, 0.15) is 30.7 Å². The summed E-state index contributed by atoms with van der Waals surface area (Å²) in [6.45, 7) is 6.74. The van der Waals surface area contributed by atoms with Gasteiger partial charge in [0.25, 0.3) is 0 Å². The highest BCUT2D eigenvalue weighted by Gasteiger charge is 2.00.